The summed E-state index contributed by atoms with van der Waals surface area (Å²) in [6, 6.07) is 6.44. The highest BCUT2D eigenvalue weighted by molar-refractivity contribution is 5.70. The number of aryl methyl sites for hydroxylation is 3. The number of hydrogen-bond donors (Lipinski definition) is 1. The fourth-order valence-corrected chi connectivity index (χ4v) is 2.56. The minimum Gasteiger partial charge on any atom is -0.373 e. The van der Waals surface area contributed by atoms with Crippen LogP contribution in [0.3, 0.4) is 0 Å². The van der Waals surface area contributed by atoms with Crippen molar-refractivity contribution in [3.8, 4) is 11.3 Å². The normalized spacial score (nSPS) is 10.9. The first-order valence-electron chi connectivity index (χ1n) is 7.07. The molecule has 3 nitrogen and oxygen atoms in total. The molecule has 0 aliphatic carbocycles. The van der Waals surface area contributed by atoms with E-state index in [0.717, 1.165) is 17.3 Å². The minimum atomic E-state index is 0.313. The molecular weight excluding hydrogens is 246 g/mol. The van der Waals surface area contributed by atoms with Gasteiger partial charge in [0.1, 0.15) is 11.6 Å². The molecule has 0 saturated carbocycles. The number of anilines is 1. The van der Waals surface area contributed by atoms with Crippen LogP contribution in [0, 0.1) is 20.8 Å². The zero-order chi connectivity index (χ0) is 14.9. The monoisotopic (exact) mass is 269 g/mol. The quantitative estimate of drug-likeness (QED) is 0.906. The summed E-state index contributed by atoms with van der Waals surface area (Å²) < 4.78 is 0. The van der Waals surface area contributed by atoms with Crippen LogP contribution in [0.2, 0.25) is 0 Å². The maximum absolute atomic E-state index is 4.75. The number of rotatable bonds is 3. The van der Waals surface area contributed by atoms with Crippen molar-refractivity contribution in [3.05, 3.63) is 40.7 Å². The van der Waals surface area contributed by atoms with Gasteiger partial charge in [-0.3, -0.25) is 0 Å². The lowest BCUT2D eigenvalue weighted by molar-refractivity contribution is 0.777. The van der Waals surface area contributed by atoms with E-state index in [-0.39, 0.29) is 0 Å². The largest absolute Gasteiger partial charge is 0.373 e. The Bertz CT molecular complexity index is 607. The molecule has 0 unspecified atom stereocenters. The Balaban J connectivity index is 2.66. The number of aromatic nitrogens is 2. The molecule has 0 saturated heterocycles. The zero-order valence-electron chi connectivity index (χ0n) is 13.2. The van der Waals surface area contributed by atoms with Crippen molar-refractivity contribution >= 4 is 5.82 Å². The minimum absolute atomic E-state index is 0.313. The summed E-state index contributed by atoms with van der Waals surface area (Å²) in [7, 11) is 1.89. The molecule has 0 atom stereocenters. The van der Waals surface area contributed by atoms with Crippen LogP contribution < -0.4 is 5.32 Å². The van der Waals surface area contributed by atoms with Gasteiger partial charge in [-0.05, 0) is 31.9 Å². The molecular formula is C17H23N3. The second-order valence-corrected chi connectivity index (χ2v) is 5.68. The van der Waals surface area contributed by atoms with Gasteiger partial charge in [0, 0.05) is 24.6 Å². The molecule has 106 valence electrons. The van der Waals surface area contributed by atoms with Crippen LogP contribution >= 0.6 is 0 Å². The van der Waals surface area contributed by atoms with Crippen molar-refractivity contribution in [1.82, 2.24) is 9.97 Å². The van der Waals surface area contributed by atoms with Crippen LogP contribution in [0.5, 0.6) is 0 Å². The number of benzene rings is 1. The molecule has 0 radical (unpaired) electrons. The predicted molar refractivity (Wildman–Crippen MR) is 85.3 cm³/mol. The number of nitrogens with zero attached hydrogens (tertiary/aromatic N) is 2. The fourth-order valence-electron chi connectivity index (χ4n) is 2.56. The molecule has 3 heteroatoms. The molecule has 2 rings (SSSR count). The Labute approximate surface area is 121 Å². The Morgan fingerprint density at radius 3 is 2.05 bits per heavy atom. The summed E-state index contributed by atoms with van der Waals surface area (Å²) in [6.07, 6.45) is 0. The molecule has 0 amide bonds. The molecule has 0 aliphatic heterocycles. The second-order valence-electron chi connectivity index (χ2n) is 5.68. The molecule has 2 aromatic rings. The van der Waals surface area contributed by atoms with Gasteiger partial charge in [-0.2, -0.15) is 0 Å². The van der Waals surface area contributed by atoms with Gasteiger partial charge in [0.05, 0.1) is 5.69 Å². The van der Waals surface area contributed by atoms with Crippen molar-refractivity contribution in [2.24, 2.45) is 0 Å². The van der Waals surface area contributed by atoms with E-state index in [9.17, 15) is 0 Å². The van der Waals surface area contributed by atoms with Crippen LogP contribution in [0.25, 0.3) is 11.3 Å². The average Bonchev–Trinajstić information content (AvgIpc) is 2.37. The topological polar surface area (TPSA) is 37.8 Å². The standard InChI is InChI=1S/C17H23N3/c1-10(2)17-19-14(9-15(18-6)20-17)16-12(4)7-11(3)8-13(16)5/h7-10H,1-6H3,(H,18,19,20). The van der Waals surface area contributed by atoms with Gasteiger partial charge >= 0.3 is 0 Å². The lowest BCUT2D eigenvalue weighted by atomic mass is 9.97. The van der Waals surface area contributed by atoms with Crippen LogP contribution in [-0.2, 0) is 0 Å². The Hall–Kier alpha value is -1.90. The van der Waals surface area contributed by atoms with Gasteiger partial charge in [-0.1, -0.05) is 31.5 Å². The third-order valence-electron chi connectivity index (χ3n) is 3.45. The van der Waals surface area contributed by atoms with Crippen LogP contribution in [0.15, 0.2) is 18.2 Å². The maximum Gasteiger partial charge on any atom is 0.133 e. The SMILES string of the molecule is CNc1cc(-c2c(C)cc(C)cc2C)nc(C(C)C)n1. The Morgan fingerprint density at radius 1 is 0.950 bits per heavy atom. The maximum atomic E-state index is 4.75. The first-order chi connectivity index (χ1) is 9.42. The summed E-state index contributed by atoms with van der Waals surface area (Å²) in [5, 5.41) is 3.13. The second kappa shape index (κ2) is 5.61. The van der Waals surface area contributed by atoms with Gasteiger partial charge in [0.25, 0.3) is 0 Å². The van der Waals surface area contributed by atoms with Gasteiger partial charge in [0.15, 0.2) is 0 Å². The van der Waals surface area contributed by atoms with E-state index in [1.54, 1.807) is 0 Å². The summed E-state index contributed by atoms with van der Waals surface area (Å²) >= 11 is 0. The lowest BCUT2D eigenvalue weighted by Crippen LogP contribution is -2.04. The lowest BCUT2D eigenvalue weighted by Gasteiger charge is -2.14. The van der Waals surface area contributed by atoms with Crippen molar-refractivity contribution in [3.63, 3.8) is 0 Å². The third-order valence-corrected chi connectivity index (χ3v) is 3.45. The molecule has 0 bridgehead atoms. The highest BCUT2D eigenvalue weighted by atomic mass is 15.0. The molecule has 1 N–H and O–H groups in total. The van der Waals surface area contributed by atoms with E-state index >= 15 is 0 Å². The molecule has 0 fully saturated rings. The van der Waals surface area contributed by atoms with Gasteiger partial charge in [-0.15, -0.1) is 0 Å². The van der Waals surface area contributed by atoms with Crippen molar-refractivity contribution in [2.45, 2.75) is 40.5 Å². The number of hydrogen-bond acceptors (Lipinski definition) is 3. The number of nitrogens with one attached hydrogen (secondary N) is 1. The highest BCUT2D eigenvalue weighted by Gasteiger charge is 2.13. The molecule has 20 heavy (non-hydrogen) atoms. The summed E-state index contributed by atoms with van der Waals surface area (Å²) in [5.41, 5.74) is 6.03. The van der Waals surface area contributed by atoms with E-state index in [4.69, 9.17) is 4.98 Å². The molecule has 1 aromatic heterocycles. The zero-order valence-corrected chi connectivity index (χ0v) is 13.2. The van der Waals surface area contributed by atoms with Crippen molar-refractivity contribution in [2.75, 3.05) is 12.4 Å². The summed E-state index contributed by atoms with van der Waals surface area (Å²) in [4.78, 5) is 9.28. The molecule has 1 aromatic carbocycles. The van der Waals surface area contributed by atoms with E-state index in [0.29, 0.717) is 5.92 Å². The first kappa shape index (κ1) is 14.5. The highest BCUT2D eigenvalue weighted by Crippen LogP contribution is 2.29. The van der Waals surface area contributed by atoms with Crippen LogP contribution in [-0.4, -0.2) is 17.0 Å². The average molecular weight is 269 g/mol. The van der Waals surface area contributed by atoms with Crippen molar-refractivity contribution in [1.29, 1.82) is 0 Å². The van der Waals surface area contributed by atoms with Gasteiger partial charge in [0.2, 0.25) is 0 Å². The molecule has 0 aliphatic rings. The fraction of sp³-hybridized carbons (Fsp3) is 0.412. The van der Waals surface area contributed by atoms with E-state index in [1.165, 1.54) is 22.3 Å². The van der Waals surface area contributed by atoms with Crippen LogP contribution in [0.4, 0.5) is 5.82 Å². The molecule has 0 spiro atoms. The molecule has 1 heterocycles. The predicted octanol–water partition coefficient (Wildman–Crippen LogP) is 4.23. The van der Waals surface area contributed by atoms with Crippen LogP contribution in [0.1, 0.15) is 42.3 Å². The first-order valence-corrected chi connectivity index (χ1v) is 7.07. The Kier molecular flexibility index (Phi) is 4.07. The van der Waals surface area contributed by atoms with E-state index in [1.807, 2.05) is 13.1 Å². The summed E-state index contributed by atoms with van der Waals surface area (Å²) in [5.74, 6) is 2.07. The van der Waals surface area contributed by atoms with E-state index < -0.39 is 0 Å². The third kappa shape index (κ3) is 2.82. The van der Waals surface area contributed by atoms with Crippen molar-refractivity contribution < 1.29 is 0 Å². The summed E-state index contributed by atoms with van der Waals surface area (Å²) in [6.45, 7) is 10.7. The smallest absolute Gasteiger partial charge is 0.133 e. The van der Waals surface area contributed by atoms with E-state index in [2.05, 4.69) is 57.1 Å². The van der Waals surface area contributed by atoms with Gasteiger partial charge < -0.3 is 5.32 Å². The Morgan fingerprint density at radius 2 is 1.55 bits per heavy atom. The van der Waals surface area contributed by atoms with Gasteiger partial charge in [-0.25, -0.2) is 9.97 Å².